The molecule has 228 valence electrons. The number of hydrogen-bond donors (Lipinski definition) is 0. The highest BCUT2D eigenvalue weighted by Gasteiger charge is 2.26. The number of rotatable bonds is 6. The van der Waals surface area contributed by atoms with Gasteiger partial charge in [-0.3, -0.25) is 9.97 Å². The Hall–Kier alpha value is -6.14. The number of fused-ring (bicyclic) bond motifs is 2. The van der Waals surface area contributed by atoms with Gasteiger partial charge in [0.25, 0.3) is 0 Å². The van der Waals surface area contributed by atoms with E-state index in [1.165, 1.54) is 24.0 Å². The molecule has 6 heteroatoms. The van der Waals surface area contributed by atoms with Crippen LogP contribution in [-0.4, -0.2) is 29.9 Å². The Morgan fingerprint density at radius 1 is 0.521 bits per heavy atom. The second-order valence-electron chi connectivity index (χ2n) is 12.6. The van der Waals surface area contributed by atoms with Crippen molar-refractivity contribution >= 4 is 21.8 Å². The maximum absolute atomic E-state index is 4.98. The summed E-state index contributed by atoms with van der Waals surface area (Å²) in [4.78, 5) is 27.7. The Morgan fingerprint density at radius 2 is 1.23 bits per heavy atom. The summed E-state index contributed by atoms with van der Waals surface area (Å²) in [6.07, 6.45) is 13.1. The van der Waals surface area contributed by atoms with E-state index < -0.39 is 0 Å². The highest BCUT2D eigenvalue weighted by molar-refractivity contribution is 5.99. The molecule has 6 nitrogen and oxygen atoms in total. The first-order valence-electron chi connectivity index (χ1n) is 16.2. The molecule has 4 aromatic heterocycles. The van der Waals surface area contributed by atoms with Crippen LogP contribution in [0, 0.1) is 6.92 Å². The van der Waals surface area contributed by atoms with Gasteiger partial charge in [-0.1, -0.05) is 48.0 Å². The first-order valence-corrected chi connectivity index (χ1v) is 16.2. The van der Waals surface area contributed by atoms with Crippen molar-refractivity contribution in [2.24, 2.45) is 0 Å². The van der Waals surface area contributed by atoms with Gasteiger partial charge in [0, 0.05) is 63.4 Å². The molecule has 0 unspecified atom stereocenters. The summed E-state index contributed by atoms with van der Waals surface area (Å²) < 4.78 is 0. The van der Waals surface area contributed by atoms with Crippen molar-refractivity contribution in [1.82, 2.24) is 29.9 Å². The van der Waals surface area contributed by atoms with E-state index in [9.17, 15) is 0 Å². The predicted octanol–water partition coefficient (Wildman–Crippen LogP) is 9.88. The van der Waals surface area contributed by atoms with Crippen molar-refractivity contribution < 1.29 is 0 Å². The van der Waals surface area contributed by atoms with Crippen LogP contribution in [0.3, 0.4) is 0 Å². The molecule has 0 atom stereocenters. The van der Waals surface area contributed by atoms with E-state index in [2.05, 4.69) is 107 Å². The van der Waals surface area contributed by atoms with Crippen LogP contribution in [0.25, 0.3) is 77.7 Å². The Balaban J connectivity index is 1.24. The van der Waals surface area contributed by atoms with Crippen molar-refractivity contribution in [3.63, 3.8) is 0 Å². The van der Waals surface area contributed by atoms with Gasteiger partial charge in [0.15, 0.2) is 0 Å². The van der Waals surface area contributed by atoms with Crippen LogP contribution in [0.15, 0.2) is 135 Å². The lowest BCUT2D eigenvalue weighted by Gasteiger charge is -2.16. The molecule has 1 aliphatic rings. The normalized spacial score (nSPS) is 12.9. The molecule has 0 N–H and O–H groups in total. The molecule has 0 amide bonds. The second kappa shape index (κ2) is 11.6. The lowest BCUT2D eigenvalue weighted by Crippen LogP contribution is -1.95. The van der Waals surface area contributed by atoms with Gasteiger partial charge in [0.05, 0.1) is 22.4 Å². The molecular formula is C42H30N6. The van der Waals surface area contributed by atoms with Gasteiger partial charge >= 0.3 is 0 Å². The van der Waals surface area contributed by atoms with Crippen molar-refractivity contribution in [2.75, 3.05) is 0 Å². The lowest BCUT2D eigenvalue weighted by molar-refractivity contribution is 1.13. The van der Waals surface area contributed by atoms with Gasteiger partial charge in [0.2, 0.25) is 0 Å². The van der Waals surface area contributed by atoms with E-state index in [1.54, 1.807) is 12.7 Å². The zero-order valence-electron chi connectivity index (χ0n) is 26.4. The standard InChI is InChI=1S/C42H30N6/c1-26-5-2-6-29(15-26)40-37(8-4-13-45-40)32-20-35-23-44-25-48-42(35)38(21-32)31-17-30(27-9-10-27)18-33(19-31)41-36(7-3-14-46-41)28-11-12-39-34(16-28)22-43-24-47-39/h2-8,11-25,27H,9-10H2,1H3. The van der Waals surface area contributed by atoms with E-state index in [1.807, 2.05) is 36.9 Å². The third-order valence-corrected chi connectivity index (χ3v) is 9.23. The summed E-state index contributed by atoms with van der Waals surface area (Å²) in [7, 11) is 0. The molecule has 1 fully saturated rings. The number of hydrogen-bond acceptors (Lipinski definition) is 6. The lowest BCUT2D eigenvalue weighted by atomic mass is 9.90. The van der Waals surface area contributed by atoms with Crippen molar-refractivity contribution in [3.05, 3.63) is 146 Å². The molecule has 9 rings (SSSR count). The van der Waals surface area contributed by atoms with Crippen LogP contribution in [0.5, 0.6) is 0 Å². The zero-order chi connectivity index (χ0) is 32.0. The average molecular weight is 619 g/mol. The van der Waals surface area contributed by atoms with Gasteiger partial charge in [0.1, 0.15) is 12.7 Å². The smallest absolute Gasteiger partial charge is 0.116 e. The van der Waals surface area contributed by atoms with Crippen LogP contribution in [0.2, 0.25) is 0 Å². The summed E-state index contributed by atoms with van der Waals surface area (Å²) in [5.74, 6) is 0.545. The van der Waals surface area contributed by atoms with Crippen molar-refractivity contribution in [2.45, 2.75) is 25.7 Å². The summed E-state index contributed by atoms with van der Waals surface area (Å²) in [6, 6.07) is 34.6. The predicted molar refractivity (Wildman–Crippen MR) is 192 cm³/mol. The maximum Gasteiger partial charge on any atom is 0.116 e. The van der Waals surface area contributed by atoms with Crippen LogP contribution in [0.4, 0.5) is 0 Å². The van der Waals surface area contributed by atoms with Crippen molar-refractivity contribution in [3.8, 4) is 55.9 Å². The minimum atomic E-state index is 0.545. The Labute approximate surface area is 278 Å². The zero-order valence-corrected chi connectivity index (χ0v) is 26.4. The number of nitrogens with zero attached hydrogens (tertiary/aromatic N) is 6. The second-order valence-corrected chi connectivity index (χ2v) is 12.6. The number of pyridine rings is 2. The number of benzene rings is 4. The van der Waals surface area contributed by atoms with E-state index in [0.717, 1.165) is 77.7 Å². The molecule has 0 saturated heterocycles. The van der Waals surface area contributed by atoms with Gasteiger partial charge in [-0.25, -0.2) is 19.9 Å². The Bertz CT molecular complexity index is 2500. The SMILES string of the molecule is Cc1cccc(-c2ncccc2-c2cc(-c3cc(-c4ncccc4-c4ccc5ncncc5c4)cc(C4CC4)c3)c3ncncc3c2)c1. The van der Waals surface area contributed by atoms with E-state index in [0.29, 0.717) is 5.92 Å². The molecule has 1 saturated carbocycles. The van der Waals surface area contributed by atoms with Gasteiger partial charge < -0.3 is 0 Å². The molecule has 0 radical (unpaired) electrons. The summed E-state index contributed by atoms with van der Waals surface area (Å²) in [5.41, 5.74) is 14.9. The molecule has 0 spiro atoms. The molecule has 0 bridgehead atoms. The number of aromatic nitrogens is 6. The van der Waals surface area contributed by atoms with Gasteiger partial charge in [-0.2, -0.15) is 0 Å². The first-order chi connectivity index (χ1) is 23.7. The van der Waals surface area contributed by atoms with E-state index in [4.69, 9.17) is 15.0 Å². The average Bonchev–Trinajstić information content (AvgIpc) is 4.00. The Kier molecular flexibility index (Phi) is 6.78. The summed E-state index contributed by atoms with van der Waals surface area (Å²) in [6.45, 7) is 2.11. The number of aryl methyl sites for hydroxylation is 1. The molecular weight excluding hydrogens is 589 g/mol. The fourth-order valence-corrected chi connectivity index (χ4v) is 6.76. The monoisotopic (exact) mass is 618 g/mol. The van der Waals surface area contributed by atoms with Crippen LogP contribution < -0.4 is 0 Å². The van der Waals surface area contributed by atoms with E-state index in [-0.39, 0.29) is 0 Å². The maximum atomic E-state index is 4.98. The van der Waals surface area contributed by atoms with Crippen LogP contribution in [-0.2, 0) is 0 Å². The third kappa shape index (κ3) is 5.17. The fourth-order valence-electron chi connectivity index (χ4n) is 6.76. The molecule has 4 aromatic carbocycles. The first kappa shape index (κ1) is 28.1. The topological polar surface area (TPSA) is 77.3 Å². The Morgan fingerprint density at radius 3 is 2.04 bits per heavy atom. The molecule has 8 aromatic rings. The minimum absolute atomic E-state index is 0.545. The third-order valence-electron chi connectivity index (χ3n) is 9.23. The summed E-state index contributed by atoms with van der Waals surface area (Å²) in [5, 5.41) is 1.99. The van der Waals surface area contributed by atoms with E-state index >= 15 is 0 Å². The fraction of sp³-hybridized carbons (Fsp3) is 0.0952. The summed E-state index contributed by atoms with van der Waals surface area (Å²) >= 11 is 0. The molecule has 48 heavy (non-hydrogen) atoms. The minimum Gasteiger partial charge on any atom is -0.256 e. The van der Waals surface area contributed by atoms with Crippen molar-refractivity contribution in [1.29, 1.82) is 0 Å². The quantitative estimate of drug-likeness (QED) is 0.185. The largest absolute Gasteiger partial charge is 0.256 e. The molecule has 4 heterocycles. The van der Waals surface area contributed by atoms with Crippen LogP contribution in [0.1, 0.15) is 29.9 Å². The molecule has 0 aliphatic heterocycles. The van der Waals surface area contributed by atoms with Gasteiger partial charge in [-0.05, 0) is 103 Å². The highest BCUT2D eigenvalue weighted by atomic mass is 14.8. The van der Waals surface area contributed by atoms with Gasteiger partial charge in [-0.15, -0.1) is 0 Å². The highest BCUT2D eigenvalue weighted by Crippen LogP contribution is 2.45. The molecule has 1 aliphatic carbocycles. The van der Waals surface area contributed by atoms with Crippen LogP contribution >= 0.6 is 0 Å².